The van der Waals surface area contributed by atoms with E-state index in [1.807, 2.05) is 35.9 Å². The molecule has 1 aromatic heterocycles. The van der Waals surface area contributed by atoms with E-state index in [2.05, 4.69) is 0 Å². The first-order valence-electron chi connectivity index (χ1n) is 6.26. The fraction of sp³-hybridized carbons (Fsp3) is 0.125. The predicted molar refractivity (Wildman–Crippen MR) is 78.7 cm³/mol. The van der Waals surface area contributed by atoms with Gasteiger partial charge in [0.25, 0.3) is 0 Å². The maximum absolute atomic E-state index is 12.8. The normalized spacial score (nSPS) is 10.9. The van der Waals surface area contributed by atoms with E-state index in [9.17, 15) is 4.39 Å². The highest BCUT2D eigenvalue weighted by Gasteiger charge is 2.09. The van der Waals surface area contributed by atoms with Crippen LogP contribution in [0.1, 0.15) is 5.69 Å². The van der Waals surface area contributed by atoms with Crippen molar-refractivity contribution in [2.45, 2.75) is 6.61 Å². The predicted octanol–water partition coefficient (Wildman–Crippen LogP) is 4.55. The molecule has 0 radical (unpaired) electrons. The van der Waals surface area contributed by atoms with Crippen LogP contribution in [0.15, 0.2) is 48.5 Å². The van der Waals surface area contributed by atoms with Gasteiger partial charge in [0.05, 0.1) is 16.2 Å². The molecule has 4 heteroatoms. The summed E-state index contributed by atoms with van der Waals surface area (Å²) in [5.41, 5.74) is 2.00. The Balaban J connectivity index is 1.86. The van der Waals surface area contributed by atoms with Crippen molar-refractivity contribution in [2.75, 3.05) is 0 Å². The molecule has 0 aliphatic rings. The fourth-order valence-corrected chi connectivity index (χ4v) is 2.56. The van der Waals surface area contributed by atoms with Crippen molar-refractivity contribution in [3.05, 3.63) is 65.1 Å². The van der Waals surface area contributed by atoms with Crippen LogP contribution in [0.2, 0.25) is 5.02 Å². The van der Waals surface area contributed by atoms with E-state index in [1.54, 1.807) is 12.1 Å². The van der Waals surface area contributed by atoms with Crippen LogP contribution in [0.4, 0.5) is 4.39 Å². The second-order valence-corrected chi connectivity index (χ2v) is 5.02. The summed E-state index contributed by atoms with van der Waals surface area (Å²) in [6.45, 7) is 0.410. The standard InChI is InChI=1S/C16H13ClFNO/c1-19-13(9-11-3-2-4-15(17)16(11)19)10-20-14-7-5-12(18)6-8-14/h2-9H,10H2,1H3. The first-order chi connectivity index (χ1) is 9.65. The molecule has 3 aromatic rings. The molecule has 3 rings (SSSR count). The molecule has 0 spiro atoms. The first kappa shape index (κ1) is 13.0. The summed E-state index contributed by atoms with van der Waals surface area (Å²) in [5.74, 6) is 0.372. The highest BCUT2D eigenvalue weighted by Crippen LogP contribution is 2.26. The minimum atomic E-state index is -0.270. The van der Waals surface area contributed by atoms with E-state index in [0.29, 0.717) is 12.4 Å². The monoisotopic (exact) mass is 289 g/mol. The Bertz CT molecular complexity index is 749. The molecule has 0 atom stereocenters. The Kier molecular flexibility index (Phi) is 3.36. The van der Waals surface area contributed by atoms with Crippen LogP contribution in [0.25, 0.3) is 10.9 Å². The summed E-state index contributed by atoms with van der Waals surface area (Å²) in [6.07, 6.45) is 0. The maximum atomic E-state index is 12.8. The van der Waals surface area contributed by atoms with Gasteiger partial charge in [0.2, 0.25) is 0 Å². The van der Waals surface area contributed by atoms with Crippen molar-refractivity contribution in [2.24, 2.45) is 7.05 Å². The SMILES string of the molecule is Cn1c(COc2ccc(F)cc2)cc2cccc(Cl)c21. The van der Waals surface area contributed by atoms with Gasteiger partial charge in [-0.15, -0.1) is 0 Å². The number of aromatic nitrogens is 1. The Morgan fingerprint density at radius 3 is 2.60 bits per heavy atom. The van der Waals surface area contributed by atoms with Crippen molar-refractivity contribution >= 4 is 22.5 Å². The quantitative estimate of drug-likeness (QED) is 0.690. The van der Waals surface area contributed by atoms with Crippen LogP contribution in [0.3, 0.4) is 0 Å². The molecule has 0 fully saturated rings. The molecule has 1 heterocycles. The van der Waals surface area contributed by atoms with Crippen molar-refractivity contribution in [3.63, 3.8) is 0 Å². The van der Waals surface area contributed by atoms with Gasteiger partial charge in [-0.2, -0.15) is 0 Å². The van der Waals surface area contributed by atoms with Crippen LogP contribution < -0.4 is 4.74 Å². The average molecular weight is 290 g/mol. The van der Waals surface area contributed by atoms with Gasteiger partial charge in [-0.25, -0.2) is 4.39 Å². The Labute approximate surface area is 121 Å². The van der Waals surface area contributed by atoms with Gasteiger partial charge in [-0.05, 0) is 36.4 Å². The largest absolute Gasteiger partial charge is 0.487 e. The Morgan fingerprint density at radius 1 is 1.15 bits per heavy atom. The van der Waals surface area contributed by atoms with Crippen molar-refractivity contribution < 1.29 is 9.13 Å². The smallest absolute Gasteiger partial charge is 0.128 e. The molecular formula is C16H13ClFNO. The van der Waals surface area contributed by atoms with E-state index in [0.717, 1.165) is 21.6 Å². The molecule has 102 valence electrons. The molecule has 0 saturated heterocycles. The number of para-hydroxylation sites is 1. The van der Waals surface area contributed by atoms with Gasteiger partial charge in [-0.1, -0.05) is 23.7 Å². The summed E-state index contributed by atoms with van der Waals surface area (Å²) in [7, 11) is 1.96. The molecule has 0 bridgehead atoms. The number of nitrogens with zero attached hydrogens (tertiary/aromatic N) is 1. The van der Waals surface area contributed by atoms with Crippen LogP contribution >= 0.6 is 11.6 Å². The molecule has 2 aromatic carbocycles. The van der Waals surface area contributed by atoms with E-state index < -0.39 is 0 Å². The third kappa shape index (κ3) is 2.37. The Morgan fingerprint density at radius 2 is 1.90 bits per heavy atom. The summed E-state index contributed by atoms with van der Waals surface area (Å²) < 4.78 is 20.5. The van der Waals surface area contributed by atoms with Crippen molar-refractivity contribution in [3.8, 4) is 5.75 Å². The van der Waals surface area contributed by atoms with E-state index in [1.165, 1.54) is 12.1 Å². The van der Waals surface area contributed by atoms with E-state index in [4.69, 9.17) is 16.3 Å². The van der Waals surface area contributed by atoms with E-state index in [-0.39, 0.29) is 5.82 Å². The number of fused-ring (bicyclic) bond motifs is 1. The van der Waals surface area contributed by atoms with Crippen LogP contribution in [-0.2, 0) is 13.7 Å². The van der Waals surface area contributed by atoms with E-state index >= 15 is 0 Å². The number of halogens is 2. The number of aryl methyl sites for hydroxylation is 1. The summed E-state index contributed by atoms with van der Waals surface area (Å²) >= 11 is 6.21. The zero-order valence-corrected chi connectivity index (χ0v) is 11.7. The third-order valence-corrected chi connectivity index (χ3v) is 3.61. The molecule has 0 saturated carbocycles. The lowest BCUT2D eigenvalue weighted by atomic mass is 10.2. The highest BCUT2D eigenvalue weighted by molar-refractivity contribution is 6.35. The zero-order chi connectivity index (χ0) is 14.1. The second-order valence-electron chi connectivity index (χ2n) is 4.61. The molecule has 0 aliphatic carbocycles. The average Bonchev–Trinajstić information content (AvgIpc) is 2.76. The lowest BCUT2D eigenvalue weighted by Crippen LogP contribution is -2.01. The Hall–Kier alpha value is -2.00. The lowest BCUT2D eigenvalue weighted by Gasteiger charge is -2.08. The van der Waals surface area contributed by atoms with Gasteiger partial charge in [0.1, 0.15) is 18.2 Å². The van der Waals surface area contributed by atoms with Gasteiger partial charge in [0, 0.05) is 12.4 Å². The van der Waals surface area contributed by atoms with Crippen LogP contribution in [0, 0.1) is 5.82 Å². The lowest BCUT2D eigenvalue weighted by molar-refractivity contribution is 0.297. The van der Waals surface area contributed by atoms with Gasteiger partial charge in [0.15, 0.2) is 0 Å². The molecule has 0 aliphatic heterocycles. The van der Waals surface area contributed by atoms with Gasteiger partial charge < -0.3 is 9.30 Å². The number of hydrogen-bond donors (Lipinski definition) is 0. The number of rotatable bonds is 3. The molecule has 20 heavy (non-hydrogen) atoms. The molecule has 2 nitrogen and oxygen atoms in total. The van der Waals surface area contributed by atoms with Gasteiger partial charge >= 0.3 is 0 Å². The summed E-state index contributed by atoms with van der Waals surface area (Å²) in [5, 5.41) is 1.80. The van der Waals surface area contributed by atoms with Crippen molar-refractivity contribution in [1.82, 2.24) is 4.57 Å². The number of ether oxygens (including phenoxy) is 1. The first-order valence-corrected chi connectivity index (χ1v) is 6.64. The number of hydrogen-bond acceptors (Lipinski definition) is 1. The van der Waals surface area contributed by atoms with Gasteiger partial charge in [-0.3, -0.25) is 0 Å². The number of benzene rings is 2. The third-order valence-electron chi connectivity index (χ3n) is 3.31. The summed E-state index contributed by atoms with van der Waals surface area (Å²) in [4.78, 5) is 0. The minimum absolute atomic E-state index is 0.270. The van der Waals surface area contributed by atoms with Crippen LogP contribution in [-0.4, -0.2) is 4.57 Å². The minimum Gasteiger partial charge on any atom is -0.487 e. The second kappa shape index (κ2) is 5.17. The topological polar surface area (TPSA) is 14.2 Å². The van der Waals surface area contributed by atoms with Crippen LogP contribution in [0.5, 0.6) is 5.75 Å². The summed E-state index contributed by atoms with van der Waals surface area (Å²) in [6, 6.07) is 13.9. The molecular weight excluding hydrogens is 277 g/mol. The molecule has 0 amide bonds. The van der Waals surface area contributed by atoms with Crippen molar-refractivity contribution in [1.29, 1.82) is 0 Å². The molecule has 0 N–H and O–H groups in total. The zero-order valence-electron chi connectivity index (χ0n) is 10.9. The fourth-order valence-electron chi connectivity index (χ4n) is 2.25. The molecule has 0 unspecified atom stereocenters. The highest BCUT2D eigenvalue weighted by atomic mass is 35.5. The maximum Gasteiger partial charge on any atom is 0.128 e.